The molecule has 6 aromatic carbocycles. The number of hydrogen-bond acceptors (Lipinski definition) is 25. The Morgan fingerprint density at radius 2 is 0.885 bits per heavy atom. The molecule has 2 aliphatic heterocycles. The number of aliphatic hydroxyl groups is 2. The molecule has 28 nitrogen and oxygen atoms in total. The van der Waals surface area contributed by atoms with Gasteiger partial charge in [-0.1, -0.05) is 29.8 Å². The van der Waals surface area contributed by atoms with Crippen molar-refractivity contribution >= 4 is 103 Å². The first-order valence-corrected chi connectivity index (χ1v) is 33.8. The van der Waals surface area contributed by atoms with Gasteiger partial charge in [-0.25, -0.2) is 34.9 Å². The second-order valence-electron chi connectivity index (χ2n) is 23.6. The molecule has 12 aromatic rings. The van der Waals surface area contributed by atoms with Gasteiger partial charge in [0.05, 0.1) is 135 Å². The number of anilines is 6. The number of nitrogen functional groups attached to an aromatic ring is 1. The lowest BCUT2D eigenvalue weighted by Crippen LogP contribution is -2.33. The first-order chi connectivity index (χ1) is 50.3. The van der Waals surface area contributed by atoms with E-state index in [1.807, 2.05) is 133 Å². The Labute approximate surface area is 615 Å². The molecule has 0 saturated carbocycles. The quantitative estimate of drug-likeness (QED) is 0.0324. The molecule has 31 heteroatoms. The molecule has 2 fully saturated rings. The Kier molecular flexibility index (Phi) is 25.7. The van der Waals surface area contributed by atoms with Crippen LogP contribution in [0.4, 0.5) is 35.0 Å². The molecule has 14 rings (SSSR count). The van der Waals surface area contributed by atoms with E-state index in [0.29, 0.717) is 105 Å². The number of methoxy groups -OCH3 is 9. The van der Waals surface area contributed by atoms with Crippen molar-refractivity contribution in [3.8, 4) is 68.8 Å². The SMILES string of the molecule is COc1cc(-n2cnc(N)c2)cc(OC)c1OC.COc1cc(-n2cnc(Nc3nc(Cl)nc4cc(C)ccc34)c2)cc(OC)c1OC.COc1cc(-n2cnc(Nc3nc(N4CCC[C@H]4CO)nc4cc(C)ccc34)c2)cc(OC)c1OC.Cc1ccc2c(Cl)nc(Cl)nc2c1.OC[C@@H]1CCCN1. The van der Waals surface area contributed by atoms with Gasteiger partial charge >= 0.3 is 0 Å². The number of rotatable bonds is 19. The van der Waals surface area contributed by atoms with Crippen LogP contribution in [0.15, 0.2) is 129 Å². The van der Waals surface area contributed by atoms with Crippen molar-refractivity contribution in [1.29, 1.82) is 0 Å². The summed E-state index contributed by atoms with van der Waals surface area (Å²) >= 11 is 17.7. The highest BCUT2D eigenvalue weighted by Gasteiger charge is 2.28. The molecule has 2 atom stereocenters. The molecule has 0 amide bonds. The predicted octanol–water partition coefficient (Wildman–Crippen LogP) is 12.9. The molecule has 6 aromatic heterocycles. The summed E-state index contributed by atoms with van der Waals surface area (Å²) in [7, 11) is 14.2. The van der Waals surface area contributed by atoms with Gasteiger partial charge in [-0.15, -0.1) is 0 Å². The number of imidazole rings is 3. The Bertz CT molecular complexity index is 4840. The van der Waals surface area contributed by atoms with Crippen molar-refractivity contribution in [2.45, 2.75) is 58.5 Å². The minimum absolute atomic E-state index is 0.0272. The third-order valence-electron chi connectivity index (χ3n) is 16.8. The van der Waals surface area contributed by atoms with E-state index >= 15 is 0 Å². The maximum absolute atomic E-state index is 9.83. The van der Waals surface area contributed by atoms with Crippen LogP contribution in [0.2, 0.25) is 15.7 Å². The first-order valence-electron chi connectivity index (χ1n) is 32.7. The molecule has 7 N–H and O–H groups in total. The zero-order chi connectivity index (χ0) is 74.1. The van der Waals surface area contributed by atoms with Crippen molar-refractivity contribution < 1.29 is 52.8 Å². The van der Waals surface area contributed by atoms with Gasteiger partial charge in [0.2, 0.25) is 33.8 Å². The number of nitrogens with one attached hydrogen (secondary N) is 3. The van der Waals surface area contributed by atoms with Crippen LogP contribution < -0.4 is 69.2 Å². The van der Waals surface area contributed by atoms with E-state index in [2.05, 4.69) is 55.7 Å². The Hall–Kier alpha value is -10.9. The number of aliphatic hydroxyl groups excluding tert-OH is 2. The van der Waals surface area contributed by atoms with Gasteiger partial charge in [-0.2, -0.15) is 9.97 Å². The van der Waals surface area contributed by atoms with E-state index in [9.17, 15) is 5.11 Å². The Morgan fingerprint density at radius 1 is 0.471 bits per heavy atom. The summed E-state index contributed by atoms with van der Waals surface area (Å²) in [6.45, 7) is 8.32. The van der Waals surface area contributed by atoms with E-state index in [1.165, 1.54) is 6.42 Å². The lowest BCUT2D eigenvalue weighted by atomic mass is 10.1. The van der Waals surface area contributed by atoms with Crippen LogP contribution >= 0.6 is 34.8 Å². The van der Waals surface area contributed by atoms with Crippen LogP contribution in [-0.2, 0) is 0 Å². The molecule has 546 valence electrons. The van der Waals surface area contributed by atoms with Crippen molar-refractivity contribution in [3.63, 3.8) is 0 Å². The van der Waals surface area contributed by atoms with Crippen LogP contribution in [0.1, 0.15) is 42.4 Å². The van der Waals surface area contributed by atoms with Gasteiger partial charge in [0, 0.05) is 65.1 Å². The van der Waals surface area contributed by atoms with Gasteiger partial charge < -0.3 is 93.1 Å². The minimum atomic E-state index is 0.0272. The predicted molar refractivity (Wildman–Crippen MR) is 404 cm³/mol. The average molecular weight is 1480 g/mol. The number of benzene rings is 6. The van der Waals surface area contributed by atoms with Gasteiger partial charge in [0.25, 0.3) is 0 Å². The number of aromatic nitrogens is 12. The van der Waals surface area contributed by atoms with Gasteiger partial charge in [-0.05, 0) is 129 Å². The average Bonchev–Trinajstić information content (AvgIpc) is 1.26. The molecule has 2 saturated heterocycles. The number of ether oxygens (including phenoxy) is 9. The summed E-state index contributed by atoms with van der Waals surface area (Å²) < 4.78 is 53.9. The molecule has 0 bridgehead atoms. The molecular weight excluding hydrogens is 1400 g/mol. The summed E-state index contributed by atoms with van der Waals surface area (Å²) in [5, 5.41) is 31.4. The fourth-order valence-corrected chi connectivity index (χ4v) is 12.2. The molecule has 0 aliphatic carbocycles. The van der Waals surface area contributed by atoms with Crippen LogP contribution in [0.25, 0.3) is 49.8 Å². The highest BCUT2D eigenvalue weighted by atomic mass is 35.5. The largest absolute Gasteiger partial charge is 0.493 e. The van der Waals surface area contributed by atoms with Crippen LogP contribution in [-0.4, -0.2) is 171 Å². The van der Waals surface area contributed by atoms with Crippen molar-refractivity contribution in [2.24, 2.45) is 0 Å². The molecular formula is C73H82Cl3N17O11. The standard InChI is InChI=1S/C26H30N6O4.C21H20ClN5O3.C12H15N3O3.C9H6Cl2N2.C5H11NO/c1-16-7-8-19-20(10-16)28-26(32-9-5-6-17(32)14-33)30-25(19)29-23-13-31(15-27-23)18-11-21(34-2)24(36-4)22(12-18)35-3;1-12-5-6-14-15(7-12)24-21(22)26-20(14)25-18-10-27(11-23-18)13-8-16(28-2)19(30-4)17(9-13)29-3;1-16-9-4-8(15-6-11(13)14-7-15)5-10(17-2)12(9)18-3;1-5-2-3-6-7(4-5)12-9(11)13-8(6)10;7-4-5-2-1-3-6-5/h7-8,10-13,15,17,33H,5-6,9,14H2,1-4H3,(H,28,29,30);5-11H,1-4H3,(H,24,25,26);4-7H,13H2,1-3H3;2-4H,1H3;5-7H,1-4H2/t17-;;;;5-/m0...0/s1. The van der Waals surface area contributed by atoms with Crippen LogP contribution in [0.5, 0.6) is 51.7 Å². The van der Waals surface area contributed by atoms with Gasteiger partial charge in [-0.3, -0.25) is 0 Å². The molecule has 0 unspecified atom stereocenters. The van der Waals surface area contributed by atoms with Crippen molar-refractivity contribution in [2.75, 3.05) is 112 Å². The molecule has 8 heterocycles. The van der Waals surface area contributed by atoms with E-state index in [0.717, 1.165) is 98.8 Å². The van der Waals surface area contributed by atoms with E-state index in [-0.39, 0.29) is 23.2 Å². The summed E-state index contributed by atoms with van der Waals surface area (Å²) in [6.07, 6.45) is 14.7. The van der Waals surface area contributed by atoms with E-state index in [4.69, 9.17) is 98.2 Å². The summed E-state index contributed by atoms with van der Waals surface area (Å²) in [4.78, 5) is 41.3. The Balaban J connectivity index is 0.000000152. The molecule has 104 heavy (non-hydrogen) atoms. The maximum Gasteiger partial charge on any atom is 0.228 e. The van der Waals surface area contributed by atoms with Crippen molar-refractivity contribution in [1.82, 2.24) is 63.9 Å². The number of nitrogens with two attached hydrogens (primary N) is 1. The summed E-state index contributed by atoms with van der Waals surface area (Å²) in [5.41, 5.74) is 13.7. The number of hydrogen-bond donors (Lipinski definition) is 6. The molecule has 2 aliphatic rings. The fourth-order valence-electron chi connectivity index (χ4n) is 11.6. The van der Waals surface area contributed by atoms with E-state index < -0.39 is 0 Å². The number of nitrogens with zero attached hydrogens (tertiary/aromatic N) is 13. The number of fused-ring (bicyclic) bond motifs is 3. The smallest absolute Gasteiger partial charge is 0.228 e. The topological polar surface area (TPSA) is 320 Å². The second kappa shape index (κ2) is 35.3. The van der Waals surface area contributed by atoms with Gasteiger partial charge in [0.15, 0.2) is 34.5 Å². The van der Waals surface area contributed by atoms with Gasteiger partial charge in [0.1, 0.15) is 53.2 Å². The first kappa shape index (κ1) is 75.8. The van der Waals surface area contributed by atoms with E-state index in [1.54, 1.807) is 93.7 Å². The minimum Gasteiger partial charge on any atom is -0.493 e. The summed E-state index contributed by atoms with van der Waals surface area (Å²) in [5.74, 6) is 8.51. The number of halogens is 3. The zero-order valence-electron chi connectivity index (χ0n) is 59.5. The third kappa shape index (κ3) is 18.1. The van der Waals surface area contributed by atoms with Crippen LogP contribution in [0.3, 0.4) is 0 Å². The van der Waals surface area contributed by atoms with Crippen LogP contribution in [0, 0.1) is 20.8 Å². The molecule has 0 spiro atoms. The number of aryl methyl sites for hydroxylation is 3. The lowest BCUT2D eigenvalue weighted by molar-refractivity contribution is 0.255. The highest BCUT2D eigenvalue weighted by molar-refractivity contribution is 6.35. The monoisotopic (exact) mass is 1480 g/mol. The maximum atomic E-state index is 9.83. The molecule has 0 radical (unpaired) electrons. The lowest BCUT2D eigenvalue weighted by Gasteiger charge is -2.24. The zero-order valence-corrected chi connectivity index (χ0v) is 61.8. The third-order valence-corrected chi connectivity index (χ3v) is 17.4. The fraction of sp³-hybridized carbons (Fsp3) is 0.301. The normalized spacial score (nSPS) is 13.6. The van der Waals surface area contributed by atoms with Crippen molar-refractivity contribution in [3.05, 3.63) is 161 Å². The summed E-state index contributed by atoms with van der Waals surface area (Å²) in [6, 6.07) is 29.3. The second-order valence-corrected chi connectivity index (χ2v) is 24.7. The highest BCUT2D eigenvalue weighted by Crippen LogP contribution is 2.43. The Morgan fingerprint density at radius 3 is 1.28 bits per heavy atom.